The van der Waals surface area contributed by atoms with Gasteiger partial charge >= 0.3 is 5.97 Å². The van der Waals surface area contributed by atoms with Gasteiger partial charge in [0.15, 0.2) is 0 Å². The molecule has 8 atom stereocenters. The maximum atomic E-state index is 14.6. The summed E-state index contributed by atoms with van der Waals surface area (Å²) in [7, 11) is 0. The van der Waals surface area contributed by atoms with Crippen molar-refractivity contribution in [1.29, 1.82) is 0 Å². The van der Waals surface area contributed by atoms with Crippen LogP contribution in [0.4, 0.5) is 0 Å². The van der Waals surface area contributed by atoms with E-state index in [0.717, 1.165) is 16.5 Å². The van der Waals surface area contributed by atoms with Gasteiger partial charge in [-0.15, -0.1) is 0 Å². The first-order valence-electron chi connectivity index (χ1n) is 26.9. The molecule has 0 saturated carbocycles. The Kier molecular flexibility index (Phi) is 27.0. The number of aromatic nitrogens is 1. The number of nitrogens with one attached hydrogen (secondary N) is 8. The number of amides is 7. The summed E-state index contributed by atoms with van der Waals surface area (Å²) in [5.74, 6) is -8.77. The van der Waals surface area contributed by atoms with E-state index in [1.807, 2.05) is 60.9 Å². The van der Waals surface area contributed by atoms with Gasteiger partial charge in [-0.05, 0) is 117 Å². The van der Waals surface area contributed by atoms with Gasteiger partial charge < -0.3 is 68.7 Å². The molecule has 0 spiro atoms. The second-order valence-corrected chi connectivity index (χ2v) is 21.3. The lowest BCUT2D eigenvalue weighted by molar-refractivity contribution is -0.148. The predicted octanol–water partition coefficient (Wildman–Crippen LogP) is 2.52. The number of carbonyl (C=O) groups excluding carboxylic acids is 8. The highest BCUT2D eigenvalue weighted by molar-refractivity contribution is 7.98. The molecule has 22 heteroatoms. The normalized spacial score (nSPS) is 14.3. The van der Waals surface area contributed by atoms with E-state index in [4.69, 9.17) is 11.5 Å². The number of H-pyrrole nitrogens is 1. The van der Waals surface area contributed by atoms with Gasteiger partial charge in [-0.3, -0.25) is 38.4 Å². The number of hydrogen-bond acceptors (Lipinski definition) is 13. The number of aldehydes is 1. The van der Waals surface area contributed by atoms with Gasteiger partial charge in [-0.25, -0.2) is 0 Å². The number of para-hydroxylation sites is 1. The molecule has 430 valence electrons. The molecule has 0 bridgehead atoms. The van der Waals surface area contributed by atoms with Crippen molar-refractivity contribution in [2.45, 2.75) is 134 Å². The summed E-state index contributed by atoms with van der Waals surface area (Å²) in [6.45, 7) is 7.37. The highest BCUT2D eigenvalue weighted by atomic mass is 32.2. The maximum Gasteiger partial charge on any atom is 0.316 e. The van der Waals surface area contributed by atoms with Crippen LogP contribution in [0.25, 0.3) is 10.9 Å². The summed E-state index contributed by atoms with van der Waals surface area (Å²) in [5.41, 5.74) is 14.1. The number of phenolic OH excluding ortho intramolecular Hbond substituents is 1. The lowest BCUT2D eigenvalue weighted by Gasteiger charge is -2.30. The topological polar surface area (TPSA) is 346 Å². The maximum absolute atomic E-state index is 14.6. The number of unbranched alkanes of at least 4 members (excludes halogenated alkanes) is 2. The van der Waals surface area contributed by atoms with E-state index >= 15 is 0 Å². The number of benzene rings is 3. The molecule has 4 rings (SSSR count). The van der Waals surface area contributed by atoms with Gasteiger partial charge in [-0.1, -0.05) is 94.8 Å². The molecule has 79 heavy (non-hydrogen) atoms. The van der Waals surface area contributed by atoms with Crippen LogP contribution in [0.3, 0.4) is 0 Å². The standard InChI is InChI=1S/C57H80N10O11S/c1-34(2)48(55(75)65-46(30-37-21-23-40(69)24-22-37)53(73)61-39(33-68)29-36-15-7-6-8-16-36)67-56(76)49(35(3)4)66-52(72)45(25-28-79-5)63-54(74)47(31-38-32-60-43-19-10-9-17-41(38)43)64-51(71)44(20-12-14-27-59)62-50(70)42(57(77)78)18-11-13-26-58/h6-10,15-17,19,21-24,32-35,39,42,44-49,60,69H,11-14,18,20,25-31,58-59H2,1-5H3,(H,61,73)(H,62,70)(H,63,74)(H,64,71)(H,65,75)(H,66,72)(H,67,76)(H,77,78)/t39-,42-,44-,45-,46-,47-,48?,49-/m1/s1. The second kappa shape index (κ2) is 33.2. The number of carboxylic acid groups (broad SMARTS) is 1. The number of nitrogens with two attached hydrogens (primary N) is 2. The molecule has 0 radical (unpaired) electrons. The zero-order valence-corrected chi connectivity index (χ0v) is 46.6. The largest absolute Gasteiger partial charge is 0.508 e. The smallest absolute Gasteiger partial charge is 0.316 e. The minimum absolute atomic E-state index is 0.00211. The quantitative estimate of drug-likeness (QED) is 0.0179. The van der Waals surface area contributed by atoms with Crippen molar-refractivity contribution >= 4 is 76.3 Å². The molecule has 1 unspecified atom stereocenters. The summed E-state index contributed by atoms with van der Waals surface area (Å²) in [6.07, 6.45) is 6.12. The number of aromatic amines is 1. The fourth-order valence-corrected chi connectivity index (χ4v) is 9.33. The van der Waals surface area contributed by atoms with Gasteiger partial charge in [0.05, 0.1) is 6.04 Å². The van der Waals surface area contributed by atoms with Crippen molar-refractivity contribution in [1.82, 2.24) is 42.2 Å². The number of fused-ring (bicyclic) bond motifs is 1. The van der Waals surface area contributed by atoms with Gasteiger partial charge in [0, 0.05) is 29.9 Å². The molecule has 21 nitrogen and oxygen atoms in total. The molecule has 4 aromatic rings. The van der Waals surface area contributed by atoms with E-state index in [-0.39, 0.29) is 44.3 Å². The molecule has 0 aliphatic heterocycles. The fourth-order valence-electron chi connectivity index (χ4n) is 8.86. The third-order valence-corrected chi connectivity index (χ3v) is 14.1. The van der Waals surface area contributed by atoms with Gasteiger partial charge in [0.1, 0.15) is 54.2 Å². The number of rotatable bonds is 35. The van der Waals surface area contributed by atoms with Gasteiger partial charge in [-0.2, -0.15) is 11.8 Å². The van der Waals surface area contributed by atoms with E-state index in [0.29, 0.717) is 61.9 Å². The zero-order valence-electron chi connectivity index (χ0n) is 45.8. The monoisotopic (exact) mass is 1110 g/mol. The lowest BCUT2D eigenvalue weighted by atomic mass is 9.98. The van der Waals surface area contributed by atoms with Gasteiger partial charge in [0.2, 0.25) is 41.4 Å². The summed E-state index contributed by atoms with van der Waals surface area (Å²) in [4.78, 5) is 127. The lowest BCUT2D eigenvalue weighted by Crippen LogP contribution is -2.61. The fraction of sp³-hybridized carbons (Fsp3) is 0.491. The van der Waals surface area contributed by atoms with Crippen LogP contribution in [0.5, 0.6) is 5.75 Å². The molecule has 0 aliphatic carbocycles. The highest BCUT2D eigenvalue weighted by Crippen LogP contribution is 2.21. The first-order valence-corrected chi connectivity index (χ1v) is 28.3. The van der Waals surface area contributed by atoms with Crippen LogP contribution in [0, 0.1) is 17.8 Å². The first-order chi connectivity index (χ1) is 37.8. The van der Waals surface area contributed by atoms with Crippen molar-refractivity contribution in [3.63, 3.8) is 0 Å². The Morgan fingerprint density at radius 1 is 0.557 bits per heavy atom. The summed E-state index contributed by atoms with van der Waals surface area (Å²) < 4.78 is 0. The molecular formula is C57H80N10O11S. The molecule has 0 saturated heterocycles. The third-order valence-electron chi connectivity index (χ3n) is 13.4. The Morgan fingerprint density at radius 2 is 1.05 bits per heavy atom. The highest BCUT2D eigenvalue weighted by Gasteiger charge is 2.37. The Bertz CT molecular complexity index is 2630. The Hall–Kier alpha value is -7.30. The number of aliphatic carboxylic acids is 1. The number of phenols is 1. The van der Waals surface area contributed by atoms with E-state index in [9.17, 15) is 53.4 Å². The van der Waals surface area contributed by atoms with E-state index in [1.165, 1.54) is 23.9 Å². The number of aromatic hydroxyl groups is 1. The molecule has 0 aliphatic rings. The average Bonchev–Trinajstić information content (AvgIpc) is 3.88. The predicted molar refractivity (Wildman–Crippen MR) is 303 cm³/mol. The minimum atomic E-state index is -1.45. The molecule has 1 heterocycles. The van der Waals surface area contributed by atoms with Crippen LogP contribution in [0.15, 0.2) is 85.1 Å². The van der Waals surface area contributed by atoms with Crippen LogP contribution in [-0.2, 0) is 62.4 Å². The SMILES string of the molecule is CSCC[C@@H](NC(=O)[C@@H](Cc1c[nH]c2ccccc12)NC(=O)[C@@H](CCCCN)NC(=O)[C@@H](CCCCN)C(=O)O)C(=O)N[C@@H](C(=O)NC(C(=O)N[C@H](Cc1ccc(O)cc1)C(=O)N[C@@H](C=O)Cc1ccccc1)C(C)C)C(C)C. The van der Waals surface area contributed by atoms with Crippen LogP contribution in [-0.4, -0.2) is 136 Å². The molecular weight excluding hydrogens is 1030 g/mol. The zero-order chi connectivity index (χ0) is 58.0. The molecule has 1 aromatic heterocycles. The molecule has 3 aromatic carbocycles. The van der Waals surface area contributed by atoms with Gasteiger partial charge in [0.25, 0.3) is 0 Å². The first kappa shape index (κ1) is 64.2. The average molecular weight is 1110 g/mol. The Morgan fingerprint density at radius 3 is 1.66 bits per heavy atom. The molecule has 7 amide bonds. The third kappa shape index (κ3) is 20.8. The summed E-state index contributed by atoms with van der Waals surface area (Å²) >= 11 is 1.40. The van der Waals surface area contributed by atoms with Crippen LogP contribution in [0.1, 0.15) is 89.3 Å². The Balaban J connectivity index is 1.58. The number of carbonyl (C=O) groups is 9. The molecule has 14 N–H and O–H groups in total. The van der Waals surface area contributed by atoms with Crippen molar-refractivity contribution in [2.75, 3.05) is 25.1 Å². The van der Waals surface area contributed by atoms with Crippen molar-refractivity contribution < 1.29 is 53.4 Å². The minimum Gasteiger partial charge on any atom is -0.508 e. The van der Waals surface area contributed by atoms with E-state index in [1.54, 1.807) is 46.0 Å². The van der Waals surface area contributed by atoms with Crippen molar-refractivity contribution in [3.05, 3.63) is 102 Å². The summed E-state index contributed by atoms with van der Waals surface area (Å²) in [6, 6.07) is 14.0. The van der Waals surface area contributed by atoms with Crippen LogP contribution < -0.4 is 48.7 Å². The van der Waals surface area contributed by atoms with Crippen molar-refractivity contribution in [3.8, 4) is 5.75 Å². The van der Waals surface area contributed by atoms with E-state index in [2.05, 4.69) is 42.2 Å². The number of thioether (sulfide) groups is 1. The molecule has 0 fully saturated rings. The number of carboxylic acids is 1. The Labute approximate surface area is 466 Å². The second-order valence-electron chi connectivity index (χ2n) is 20.3. The van der Waals surface area contributed by atoms with Crippen LogP contribution in [0.2, 0.25) is 0 Å². The van der Waals surface area contributed by atoms with E-state index < -0.39 is 107 Å². The number of hydrogen-bond donors (Lipinski definition) is 12. The van der Waals surface area contributed by atoms with Crippen molar-refractivity contribution in [2.24, 2.45) is 29.2 Å². The van der Waals surface area contributed by atoms with Crippen LogP contribution >= 0.6 is 11.8 Å². The summed E-state index contributed by atoms with van der Waals surface area (Å²) in [5, 5.41) is 39.9.